The van der Waals surface area contributed by atoms with Gasteiger partial charge in [0.25, 0.3) is 0 Å². The Balaban J connectivity index is 1.76. The summed E-state index contributed by atoms with van der Waals surface area (Å²) in [5.41, 5.74) is 0.246. The molecule has 1 N–H and O–H groups in total. The van der Waals surface area contributed by atoms with E-state index < -0.39 is 15.6 Å². The molecule has 0 aromatic heterocycles. The summed E-state index contributed by atoms with van der Waals surface area (Å²) in [6, 6.07) is 9.81. The van der Waals surface area contributed by atoms with Crippen LogP contribution in [0.2, 0.25) is 0 Å². The third-order valence-electron chi connectivity index (χ3n) is 5.20. The molecule has 1 aromatic rings. The largest absolute Gasteiger partial charge is 0.336 e. The highest BCUT2D eigenvalue weighted by Crippen LogP contribution is 2.38. The van der Waals surface area contributed by atoms with Crippen LogP contribution in [-0.2, 0) is 26.2 Å². The molecular formula is C18H25N3O4S. The first-order valence-electron chi connectivity index (χ1n) is 8.90. The Morgan fingerprint density at radius 1 is 1.15 bits per heavy atom. The smallest absolute Gasteiger partial charge is 0.248 e. The highest BCUT2D eigenvalue weighted by atomic mass is 32.2. The fourth-order valence-electron chi connectivity index (χ4n) is 4.03. The van der Waals surface area contributed by atoms with Gasteiger partial charge in [-0.2, -0.15) is 0 Å². The number of rotatable bonds is 5. The summed E-state index contributed by atoms with van der Waals surface area (Å²) >= 11 is 0. The molecular weight excluding hydrogens is 354 g/mol. The van der Waals surface area contributed by atoms with E-state index in [1.54, 1.807) is 4.90 Å². The van der Waals surface area contributed by atoms with Crippen molar-refractivity contribution in [3.8, 4) is 0 Å². The second kappa shape index (κ2) is 7.36. The number of amides is 2. The molecule has 7 nitrogen and oxygen atoms in total. The molecule has 0 aliphatic carbocycles. The molecule has 2 aliphatic rings. The molecule has 1 spiro atoms. The van der Waals surface area contributed by atoms with Crippen LogP contribution in [0.4, 0.5) is 0 Å². The van der Waals surface area contributed by atoms with Crippen molar-refractivity contribution in [1.29, 1.82) is 0 Å². The minimum Gasteiger partial charge on any atom is -0.336 e. The van der Waals surface area contributed by atoms with Gasteiger partial charge in [0.15, 0.2) is 0 Å². The average molecular weight is 379 g/mol. The molecule has 0 bridgehead atoms. The van der Waals surface area contributed by atoms with E-state index in [1.807, 2.05) is 35.2 Å². The van der Waals surface area contributed by atoms with E-state index in [2.05, 4.69) is 4.72 Å². The minimum absolute atomic E-state index is 0.0159. The molecule has 8 heteroatoms. The SMILES string of the molecule is CS(=O)(=O)NCC(=O)N1CCCC12CCCN(Cc1ccccc1)C2=O. The zero-order valence-electron chi connectivity index (χ0n) is 15.0. The summed E-state index contributed by atoms with van der Waals surface area (Å²) in [5.74, 6) is -0.347. The molecule has 0 radical (unpaired) electrons. The second-order valence-corrected chi connectivity index (χ2v) is 8.92. The van der Waals surface area contributed by atoms with Crippen LogP contribution < -0.4 is 4.72 Å². The van der Waals surface area contributed by atoms with Crippen molar-refractivity contribution in [3.63, 3.8) is 0 Å². The fraction of sp³-hybridized carbons (Fsp3) is 0.556. The van der Waals surface area contributed by atoms with Crippen LogP contribution in [0.5, 0.6) is 0 Å². The quantitative estimate of drug-likeness (QED) is 0.817. The van der Waals surface area contributed by atoms with Gasteiger partial charge >= 0.3 is 0 Å². The predicted molar refractivity (Wildman–Crippen MR) is 97.6 cm³/mol. The number of piperidine rings is 1. The first-order chi connectivity index (χ1) is 12.3. The lowest BCUT2D eigenvalue weighted by Gasteiger charge is -2.44. The van der Waals surface area contributed by atoms with E-state index >= 15 is 0 Å². The molecule has 3 rings (SSSR count). The van der Waals surface area contributed by atoms with Crippen LogP contribution >= 0.6 is 0 Å². The number of carbonyl (C=O) groups is 2. The number of nitrogens with one attached hydrogen (secondary N) is 1. The zero-order valence-corrected chi connectivity index (χ0v) is 15.8. The van der Waals surface area contributed by atoms with Crippen LogP contribution in [0, 0.1) is 0 Å². The summed E-state index contributed by atoms with van der Waals surface area (Å²) in [6.07, 6.45) is 3.90. The number of likely N-dealkylation sites (tertiary alicyclic amines) is 2. The van der Waals surface area contributed by atoms with Gasteiger partial charge in [0.2, 0.25) is 21.8 Å². The van der Waals surface area contributed by atoms with Crippen molar-refractivity contribution in [1.82, 2.24) is 14.5 Å². The fourth-order valence-corrected chi connectivity index (χ4v) is 4.42. The Morgan fingerprint density at radius 3 is 2.46 bits per heavy atom. The predicted octanol–water partition coefficient (Wildman–Crippen LogP) is 0.719. The van der Waals surface area contributed by atoms with Crippen molar-refractivity contribution in [2.24, 2.45) is 0 Å². The first-order valence-corrected chi connectivity index (χ1v) is 10.8. The molecule has 0 saturated carbocycles. The molecule has 1 atom stereocenters. The molecule has 2 aliphatic heterocycles. The van der Waals surface area contributed by atoms with Crippen molar-refractivity contribution in [3.05, 3.63) is 35.9 Å². The van der Waals surface area contributed by atoms with E-state index in [0.717, 1.165) is 24.7 Å². The van der Waals surface area contributed by atoms with E-state index in [4.69, 9.17) is 0 Å². The van der Waals surface area contributed by atoms with Crippen LogP contribution in [0.25, 0.3) is 0 Å². The first kappa shape index (κ1) is 18.8. The number of carbonyl (C=O) groups excluding carboxylic acids is 2. The van der Waals surface area contributed by atoms with E-state index in [0.29, 0.717) is 32.5 Å². The van der Waals surface area contributed by atoms with Gasteiger partial charge in [-0.3, -0.25) is 9.59 Å². The topological polar surface area (TPSA) is 86.8 Å². The molecule has 2 saturated heterocycles. The number of sulfonamides is 1. The van der Waals surface area contributed by atoms with Gasteiger partial charge in [-0.15, -0.1) is 0 Å². The summed E-state index contributed by atoms with van der Waals surface area (Å²) in [5, 5.41) is 0. The minimum atomic E-state index is -3.45. The molecule has 26 heavy (non-hydrogen) atoms. The lowest BCUT2D eigenvalue weighted by molar-refractivity contribution is -0.155. The third-order valence-corrected chi connectivity index (χ3v) is 5.86. The Hall–Kier alpha value is -1.93. The van der Waals surface area contributed by atoms with Gasteiger partial charge in [0.1, 0.15) is 5.54 Å². The Labute approximate surface area is 154 Å². The Kier molecular flexibility index (Phi) is 5.34. The molecule has 2 fully saturated rings. The molecule has 1 aromatic carbocycles. The second-order valence-electron chi connectivity index (χ2n) is 7.09. The van der Waals surface area contributed by atoms with E-state index in [9.17, 15) is 18.0 Å². The van der Waals surface area contributed by atoms with Gasteiger partial charge in [-0.1, -0.05) is 30.3 Å². The summed E-state index contributed by atoms with van der Waals surface area (Å²) in [6.45, 7) is 1.41. The van der Waals surface area contributed by atoms with Gasteiger partial charge in [0.05, 0.1) is 12.8 Å². The van der Waals surface area contributed by atoms with Gasteiger partial charge < -0.3 is 9.80 Å². The van der Waals surface area contributed by atoms with Crippen LogP contribution in [0.1, 0.15) is 31.2 Å². The maximum absolute atomic E-state index is 13.3. The molecule has 142 valence electrons. The molecule has 2 heterocycles. The van der Waals surface area contributed by atoms with Crippen molar-refractivity contribution < 1.29 is 18.0 Å². The van der Waals surface area contributed by atoms with Crippen LogP contribution in [-0.4, -0.2) is 61.5 Å². The van der Waals surface area contributed by atoms with Gasteiger partial charge in [0, 0.05) is 19.6 Å². The Morgan fingerprint density at radius 2 is 1.81 bits per heavy atom. The summed E-state index contributed by atoms with van der Waals surface area (Å²) in [7, 11) is -3.45. The maximum Gasteiger partial charge on any atom is 0.248 e. The third kappa shape index (κ3) is 3.91. The monoisotopic (exact) mass is 379 g/mol. The summed E-state index contributed by atoms with van der Waals surface area (Å²) in [4.78, 5) is 29.3. The number of hydrogen-bond acceptors (Lipinski definition) is 4. The van der Waals surface area contributed by atoms with Gasteiger partial charge in [-0.25, -0.2) is 13.1 Å². The van der Waals surface area contributed by atoms with Crippen molar-refractivity contribution in [2.45, 2.75) is 37.8 Å². The number of benzene rings is 1. The lowest BCUT2D eigenvalue weighted by atomic mass is 9.85. The average Bonchev–Trinajstić information content (AvgIpc) is 3.02. The van der Waals surface area contributed by atoms with Crippen molar-refractivity contribution in [2.75, 3.05) is 25.9 Å². The zero-order chi connectivity index (χ0) is 18.8. The number of hydrogen-bond donors (Lipinski definition) is 1. The Bertz CT molecular complexity index is 781. The van der Waals surface area contributed by atoms with E-state index in [1.165, 1.54) is 0 Å². The molecule has 2 amide bonds. The maximum atomic E-state index is 13.3. The van der Waals surface area contributed by atoms with Crippen LogP contribution in [0.3, 0.4) is 0 Å². The number of nitrogens with zero attached hydrogens (tertiary/aromatic N) is 2. The van der Waals surface area contributed by atoms with Crippen molar-refractivity contribution >= 4 is 21.8 Å². The lowest BCUT2D eigenvalue weighted by Crippen LogP contribution is -2.62. The highest BCUT2D eigenvalue weighted by Gasteiger charge is 2.52. The van der Waals surface area contributed by atoms with E-state index in [-0.39, 0.29) is 18.4 Å². The molecule has 1 unspecified atom stereocenters. The van der Waals surface area contributed by atoms with Crippen LogP contribution in [0.15, 0.2) is 30.3 Å². The van der Waals surface area contributed by atoms with Gasteiger partial charge in [-0.05, 0) is 31.2 Å². The summed E-state index contributed by atoms with van der Waals surface area (Å²) < 4.78 is 24.8. The highest BCUT2D eigenvalue weighted by molar-refractivity contribution is 7.88. The normalized spacial score (nSPS) is 23.7. The standard InChI is InChI=1S/C18H25N3O4S/c1-26(24,25)19-13-16(22)21-12-6-10-18(21)9-5-11-20(17(18)23)14-15-7-3-2-4-8-15/h2-4,7-8,19H,5-6,9-14H2,1H3.